The number of nitrogens with zero attached hydrogens (tertiary/aromatic N) is 1. The van der Waals surface area contributed by atoms with Gasteiger partial charge >= 0.3 is 0 Å². The van der Waals surface area contributed by atoms with Gasteiger partial charge in [-0.25, -0.2) is 8.42 Å². The van der Waals surface area contributed by atoms with Gasteiger partial charge in [-0.1, -0.05) is 11.6 Å². The first-order valence-electron chi connectivity index (χ1n) is 7.39. The van der Waals surface area contributed by atoms with Gasteiger partial charge < -0.3 is 10.1 Å². The summed E-state index contributed by atoms with van der Waals surface area (Å²) in [6.45, 7) is 2.59. The molecule has 1 aliphatic rings. The van der Waals surface area contributed by atoms with Gasteiger partial charge in [-0.15, -0.1) is 0 Å². The average molecular weight is 361 g/mol. The molecule has 1 heterocycles. The van der Waals surface area contributed by atoms with E-state index in [0.717, 1.165) is 23.4 Å². The smallest absolute Gasteiger partial charge is 0.240 e. The van der Waals surface area contributed by atoms with Gasteiger partial charge in [0, 0.05) is 18.2 Å². The number of carbonyl (C=O) groups excluding carboxylic acids is 1. The molecule has 1 saturated heterocycles. The van der Waals surface area contributed by atoms with E-state index in [4.69, 9.17) is 16.3 Å². The summed E-state index contributed by atoms with van der Waals surface area (Å²) in [5.41, 5.74) is 1.14. The van der Waals surface area contributed by atoms with Crippen molar-refractivity contribution < 1.29 is 17.9 Å². The molecule has 1 N–H and O–H groups in total. The van der Waals surface area contributed by atoms with Crippen molar-refractivity contribution in [3.63, 3.8) is 0 Å². The molecule has 0 aromatic heterocycles. The molecule has 0 aliphatic carbocycles. The van der Waals surface area contributed by atoms with Gasteiger partial charge in [0.2, 0.25) is 15.9 Å². The van der Waals surface area contributed by atoms with Gasteiger partial charge in [-0.3, -0.25) is 9.10 Å². The van der Waals surface area contributed by atoms with Crippen LogP contribution in [0.2, 0.25) is 5.02 Å². The van der Waals surface area contributed by atoms with Crippen molar-refractivity contribution >= 4 is 33.2 Å². The predicted molar refractivity (Wildman–Crippen MR) is 90.4 cm³/mol. The lowest BCUT2D eigenvalue weighted by molar-refractivity contribution is -0.120. The number of halogens is 1. The Morgan fingerprint density at radius 3 is 2.78 bits per heavy atom. The molecule has 0 saturated carbocycles. The van der Waals surface area contributed by atoms with Crippen LogP contribution >= 0.6 is 11.6 Å². The van der Waals surface area contributed by atoms with Crippen molar-refractivity contribution in [1.29, 1.82) is 0 Å². The monoisotopic (exact) mass is 360 g/mol. The molecular weight excluding hydrogens is 340 g/mol. The van der Waals surface area contributed by atoms with E-state index >= 15 is 0 Å². The largest absolute Gasteiger partial charge is 0.376 e. The summed E-state index contributed by atoms with van der Waals surface area (Å²) in [6, 6.07) is 4.87. The SMILES string of the molecule is Cc1cc(Cl)ccc1N(CC(=O)NC[C@H]1CCCO1)S(C)(=O)=O. The molecule has 0 radical (unpaired) electrons. The molecule has 23 heavy (non-hydrogen) atoms. The summed E-state index contributed by atoms with van der Waals surface area (Å²) < 4.78 is 30.6. The van der Waals surface area contributed by atoms with Crippen LogP contribution in [0.25, 0.3) is 0 Å². The third kappa shape index (κ3) is 5.09. The third-order valence-corrected chi connectivity index (χ3v) is 5.03. The molecule has 1 fully saturated rings. The zero-order valence-corrected chi connectivity index (χ0v) is 14.8. The lowest BCUT2D eigenvalue weighted by atomic mass is 10.2. The number of carbonyl (C=O) groups is 1. The maximum atomic E-state index is 12.1. The maximum Gasteiger partial charge on any atom is 0.240 e. The highest BCUT2D eigenvalue weighted by atomic mass is 35.5. The number of ether oxygens (including phenoxy) is 1. The van der Waals surface area contributed by atoms with Gasteiger partial charge in [-0.05, 0) is 43.5 Å². The van der Waals surface area contributed by atoms with Crippen LogP contribution in [0.1, 0.15) is 18.4 Å². The topological polar surface area (TPSA) is 75.7 Å². The van der Waals surface area contributed by atoms with E-state index in [0.29, 0.717) is 29.4 Å². The molecule has 1 amide bonds. The van der Waals surface area contributed by atoms with E-state index in [9.17, 15) is 13.2 Å². The Bertz CT molecular complexity index is 672. The molecule has 1 aliphatic heterocycles. The van der Waals surface area contributed by atoms with Crippen molar-refractivity contribution in [3.8, 4) is 0 Å². The molecular formula is C15H21ClN2O4S. The second-order valence-corrected chi connectivity index (χ2v) is 7.98. The number of hydrogen-bond donors (Lipinski definition) is 1. The van der Waals surface area contributed by atoms with E-state index in [1.807, 2.05) is 0 Å². The number of rotatable bonds is 6. The number of sulfonamides is 1. The zero-order valence-electron chi connectivity index (χ0n) is 13.2. The minimum absolute atomic E-state index is 0.0166. The average Bonchev–Trinajstić information content (AvgIpc) is 2.95. The van der Waals surface area contributed by atoms with Crippen molar-refractivity contribution in [2.75, 3.05) is 30.3 Å². The molecule has 6 nitrogen and oxygen atoms in total. The molecule has 0 unspecified atom stereocenters. The minimum atomic E-state index is -3.59. The second kappa shape index (κ2) is 7.51. The van der Waals surface area contributed by atoms with Gasteiger partial charge in [0.15, 0.2) is 0 Å². The molecule has 128 valence electrons. The summed E-state index contributed by atoms with van der Waals surface area (Å²) in [5.74, 6) is -0.361. The highest BCUT2D eigenvalue weighted by Crippen LogP contribution is 2.25. The summed E-state index contributed by atoms with van der Waals surface area (Å²) in [7, 11) is -3.59. The second-order valence-electron chi connectivity index (χ2n) is 5.64. The molecule has 1 aromatic carbocycles. The Balaban J connectivity index is 2.08. The Labute approximate surface area is 141 Å². The van der Waals surface area contributed by atoms with Crippen LogP contribution in [0.15, 0.2) is 18.2 Å². The highest BCUT2D eigenvalue weighted by molar-refractivity contribution is 7.92. The Kier molecular flexibility index (Phi) is 5.89. The Morgan fingerprint density at radius 2 is 2.22 bits per heavy atom. The van der Waals surface area contributed by atoms with Crippen molar-refractivity contribution in [1.82, 2.24) is 5.32 Å². The van der Waals surface area contributed by atoms with Gasteiger partial charge in [0.05, 0.1) is 18.0 Å². The van der Waals surface area contributed by atoms with Crippen LogP contribution in [-0.4, -0.2) is 46.4 Å². The molecule has 2 rings (SSSR count). The van der Waals surface area contributed by atoms with Crippen LogP contribution in [0, 0.1) is 6.92 Å². The maximum absolute atomic E-state index is 12.1. The van der Waals surface area contributed by atoms with Crippen LogP contribution in [0.4, 0.5) is 5.69 Å². The summed E-state index contributed by atoms with van der Waals surface area (Å²) >= 11 is 5.90. The number of nitrogens with one attached hydrogen (secondary N) is 1. The molecule has 8 heteroatoms. The minimum Gasteiger partial charge on any atom is -0.376 e. The molecule has 0 bridgehead atoms. The van der Waals surface area contributed by atoms with Crippen LogP contribution in [0.3, 0.4) is 0 Å². The van der Waals surface area contributed by atoms with E-state index in [1.165, 1.54) is 0 Å². The highest BCUT2D eigenvalue weighted by Gasteiger charge is 2.23. The first kappa shape index (κ1) is 18.0. The number of benzene rings is 1. The Morgan fingerprint density at radius 1 is 1.48 bits per heavy atom. The van der Waals surface area contributed by atoms with Gasteiger partial charge in [0.25, 0.3) is 0 Å². The van der Waals surface area contributed by atoms with E-state index in [2.05, 4.69) is 5.32 Å². The van der Waals surface area contributed by atoms with Gasteiger partial charge in [0.1, 0.15) is 6.54 Å². The number of aryl methyl sites for hydroxylation is 1. The molecule has 0 spiro atoms. The Hall–Kier alpha value is -1.31. The van der Waals surface area contributed by atoms with E-state index < -0.39 is 10.0 Å². The summed E-state index contributed by atoms with van der Waals surface area (Å²) in [5, 5.41) is 3.25. The first-order chi connectivity index (χ1) is 10.8. The van der Waals surface area contributed by atoms with Crippen molar-refractivity contribution in [3.05, 3.63) is 28.8 Å². The quantitative estimate of drug-likeness (QED) is 0.838. The normalized spacial score (nSPS) is 18.0. The summed E-state index contributed by atoms with van der Waals surface area (Å²) in [4.78, 5) is 12.1. The standard InChI is InChI=1S/C15H21ClN2O4S/c1-11-8-12(16)5-6-14(11)18(23(2,20)21)10-15(19)17-9-13-4-3-7-22-13/h5-6,8,13H,3-4,7,9-10H2,1-2H3,(H,17,19)/t13-/m1/s1. The van der Waals surface area contributed by atoms with Crippen molar-refractivity contribution in [2.24, 2.45) is 0 Å². The lowest BCUT2D eigenvalue weighted by Gasteiger charge is -2.24. The molecule has 1 atom stereocenters. The van der Waals surface area contributed by atoms with Gasteiger partial charge in [-0.2, -0.15) is 0 Å². The predicted octanol–water partition coefficient (Wildman–Crippen LogP) is 1.71. The lowest BCUT2D eigenvalue weighted by Crippen LogP contribution is -2.42. The summed E-state index contributed by atoms with van der Waals surface area (Å²) in [6.07, 6.45) is 2.99. The van der Waals surface area contributed by atoms with Crippen molar-refractivity contribution in [2.45, 2.75) is 25.9 Å². The van der Waals surface area contributed by atoms with E-state index in [-0.39, 0.29) is 18.6 Å². The zero-order chi connectivity index (χ0) is 17.0. The number of amides is 1. The fourth-order valence-electron chi connectivity index (χ4n) is 2.50. The fraction of sp³-hybridized carbons (Fsp3) is 0.533. The van der Waals surface area contributed by atoms with Crippen LogP contribution in [-0.2, 0) is 19.6 Å². The number of hydrogen-bond acceptors (Lipinski definition) is 4. The number of anilines is 1. The van der Waals surface area contributed by atoms with E-state index in [1.54, 1.807) is 25.1 Å². The fourth-order valence-corrected chi connectivity index (χ4v) is 3.64. The van der Waals surface area contributed by atoms with Crippen LogP contribution in [0.5, 0.6) is 0 Å². The van der Waals surface area contributed by atoms with Crippen LogP contribution < -0.4 is 9.62 Å². The first-order valence-corrected chi connectivity index (χ1v) is 9.62. The molecule has 1 aromatic rings. The third-order valence-electron chi connectivity index (χ3n) is 3.67.